The highest BCUT2D eigenvalue weighted by atomic mass is 16.5. The Labute approximate surface area is 164 Å². The minimum absolute atomic E-state index is 0.221. The summed E-state index contributed by atoms with van der Waals surface area (Å²) < 4.78 is 4.93. The molecule has 28 heavy (non-hydrogen) atoms. The molecule has 0 unspecified atom stereocenters. The zero-order valence-electron chi connectivity index (χ0n) is 16.3. The molecule has 0 atom stereocenters. The van der Waals surface area contributed by atoms with Gasteiger partial charge in [-0.3, -0.25) is 14.8 Å². The molecule has 0 spiro atoms. The van der Waals surface area contributed by atoms with Gasteiger partial charge in [-0.05, 0) is 50.6 Å². The van der Waals surface area contributed by atoms with Crippen LogP contribution in [0.2, 0.25) is 0 Å². The zero-order chi connectivity index (χ0) is 19.9. The molecule has 0 fully saturated rings. The third-order valence-electron chi connectivity index (χ3n) is 4.02. The molecule has 0 amide bonds. The van der Waals surface area contributed by atoms with Gasteiger partial charge < -0.3 is 10.1 Å². The van der Waals surface area contributed by atoms with E-state index in [1.54, 1.807) is 25.5 Å². The first-order valence-electron chi connectivity index (χ1n) is 9.19. The molecule has 0 radical (unpaired) electrons. The number of carbonyl (C=O) groups excluding carboxylic acids is 1. The Morgan fingerprint density at radius 3 is 2.68 bits per heavy atom. The summed E-state index contributed by atoms with van der Waals surface area (Å²) in [5.41, 5.74) is 5.33. The van der Waals surface area contributed by atoms with Gasteiger partial charge in [0.1, 0.15) is 0 Å². The van der Waals surface area contributed by atoms with Crippen molar-refractivity contribution in [1.82, 2.24) is 19.9 Å². The molecule has 3 rings (SSSR count). The fourth-order valence-corrected chi connectivity index (χ4v) is 2.74. The van der Waals surface area contributed by atoms with Gasteiger partial charge in [-0.15, -0.1) is 0 Å². The summed E-state index contributed by atoms with van der Waals surface area (Å²) in [6, 6.07) is 7.91. The Morgan fingerprint density at radius 1 is 1.11 bits per heavy atom. The lowest BCUT2D eigenvalue weighted by molar-refractivity contribution is -0.143. The van der Waals surface area contributed by atoms with Crippen LogP contribution in [0, 0.1) is 13.8 Å². The summed E-state index contributed by atoms with van der Waals surface area (Å²) in [4.78, 5) is 29.0. The van der Waals surface area contributed by atoms with Crippen molar-refractivity contribution in [1.29, 1.82) is 0 Å². The van der Waals surface area contributed by atoms with E-state index < -0.39 is 0 Å². The third-order valence-corrected chi connectivity index (χ3v) is 4.02. The van der Waals surface area contributed by atoms with Crippen LogP contribution in [0.3, 0.4) is 0 Å². The van der Waals surface area contributed by atoms with Gasteiger partial charge in [0.2, 0.25) is 5.95 Å². The molecule has 0 aliphatic carbocycles. The summed E-state index contributed by atoms with van der Waals surface area (Å²) in [5, 5.41) is 3.23. The number of hydrogen-bond acceptors (Lipinski definition) is 7. The maximum atomic E-state index is 11.5. The molecule has 144 valence electrons. The van der Waals surface area contributed by atoms with E-state index in [1.165, 1.54) is 0 Å². The van der Waals surface area contributed by atoms with Crippen LogP contribution < -0.4 is 5.32 Å². The van der Waals surface area contributed by atoms with Crippen molar-refractivity contribution < 1.29 is 9.53 Å². The van der Waals surface area contributed by atoms with Gasteiger partial charge in [0.25, 0.3) is 0 Å². The summed E-state index contributed by atoms with van der Waals surface area (Å²) in [6.45, 7) is 6.13. The molecule has 0 aliphatic heterocycles. The van der Waals surface area contributed by atoms with Crippen LogP contribution in [0.4, 0.5) is 11.6 Å². The molecule has 7 heteroatoms. The number of nitrogens with zero attached hydrogens (tertiary/aromatic N) is 4. The second-order valence-electron chi connectivity index (χ2n) is 6.43. The number of benzene rings is 1. The molecule has 0 saturated carbocycles. The van der Waals surface area contributed by atoms with Gasteiger partial charge in [-0.2, -0.15) is 0 Å². The van der Waals surface area contributed by atoms with Gasteiger partial charge in [0, 0.05) is 35.8 Å². The van der Waals surface area contributed by atoms with Crippen LogP contribution >= 0.6 is 0 Å². The van der Waals surface area contributed by atoms with Crippen LogP contribution in [-0.2, 0) is 16.0 Å². The molecule has 1 aromatic carbocycles. The van der Waals surface area contributed by atoms with Gasteiger partial charge in [0.05, 0.1) is 30.6 Å². The lowest BCUT2D eigenvalue weighted by atomic mass is 10.1. The van der Waals surface area contributed by atoms with E-state index in [0.29, 0.717) is 25.4 Å². The normalized spacial score (nSPS) is 10.5. The lowest BCUT2D eigenvalue weighted by Crippen LogP contribution is -2.06. The van der Waals surface area contributed by atoms with Gasteiger partial charge in [-0.25, -0.2) is 9.97 Å². The van der Waals surface area contributed by atoms with Crippen molar-refractivity contribution in [3.8, 4) is 11.3 Å². The minimum atomic E-state index is -0.221. The number of hydrogen-bond donors (Lipinski definition) is 1. The monoisotopic (exact) mass is 377 g/mol. The third kappa shape index (κ3) is 5.33. The lowest BCUT2D eigenvalue weighted by Gasteiger charge is -2.09. The van der Waals surface area contributed by atoms with E-state index in [-0.39, 0.29) is 5.97 Å². The van der Waals surface area contributed by atoms with E-state index in [9.17, 15) is 4.79 Å². The molecular formula is C21H23N5O2. The smallest absolute Gasteiger partial charge is 0.306 e. The fourth-order valence-electron chi connectivity index (χ4n) is 2.74. The van der Waals surface area contributed by atoms with Crippen molar-refractivity contribution in [2.45, 2.75) is 33.6 Å². The Bertz CT molecular complexity index is 957. The molecular weight excluding hydrogens is 354 g/mol. The molecule has 0 aliphatic rings. The van der Waals surface area contributed by atoms with Gasteiger partial charge in [-0.1, -0.05) is 0 Å². The van der Waals surface area contributed by atoms with Crippen LogP contribution in [-0.4, -0.2) is 32.5 Å². The molecule has 3 aromatic rings. The van der Waals surface area contributed by atoms with Crippen molar-refractivity contribution in [2.24, 2.45) is 0 Å². The largest absolute Gasteiger partial charge is 0.466 e. The van der Waals surface area contributed by atoms with Crippen LogP contribution in [0.1, 0.15) is 30.3 Å². The zero-order valence-corrected chi connectivity index (χ0v) is 16.3. The van der Waals surface area contributed by atoms with E-state index >= 15 is 0 Å². The van der Waals surface area contributed by atoms with Crippen molar-refractivity contribution in [2.75, 3.05) is 11.9 Å². The number of esters is 1. The first kappa shape index (κ1) is 19.4. The first-order chi connectivity index (χ1) is 13.5. The molecule has 0 bridgehead atoms. The van der Waals surface area contributed by atoms with E-state index in [4.69, 9.17) is 4.74 Å². The molecule has 2 heterocycles. The fraction of sp³-hybridized carbons (Fsp3) is 0.286. The molecule has 1 N–H and O–H groups in total. The van der Waals surface area contributed by atoms with Crippen molar-refractivity contribution >= 4 is 17.6 Å². The topological polar surface area (TPSA) is 89.9 Å². The number of rotatable bonds is 7. The summed E-state index contributed by atoms with van der Waals surface area (Å²) in [6.07, 6.45) is 5.96. The highest BCUT2D eigenvalue weighted by Gasteiger charge is 2.07. The van der Waals surface area contributed by atoms with E-state index in [2.05, 4.69) is 25.3 Å². The predicted octanol–water partition coefficient (Wildman–Crippen LogP) is 3.79. The Balaban J connectivity index is 1.74. The summed E-state index contributed by atoms with van der Waals surface area (Å²) >= 11 is 0. The molecule has 2 aromatic heterocycles. The summed E-state index contributed by atoms with van der Waals surface area (Å²) in [5.74, 6) is 0.332. The number of aromatic nitrogens is 4. The standard InChI is InChI=1S/C21H23N5O2/c1-4-28-20(27)6-5-17-12-24-19(13-23-17)16-9-14(2)10-18(11-16)26-21-22-8-7-15(3)25-21/h7-13H,4-6H2,1-3H3,(H,22,25,26). The number of anilines is 2. The second kappa shape index (κ2) is 9.03. The average Bonchev–Trinajstić information content (AvgIpc) is 2.66. The number of aryl methyl sites for hydroxylation is 3. The van der Waals surface area contributed by atoms with Crippen LogP contribution in [0.15, 0.2) is 42.9 Å². The van der Waals surface area contributed by atoms with E-state index in [0.717, 1.165) is 33.9 Å². The highest BCUT2D eigenvalue weighted by Crippen LogP contribution is 2.24. The van der Waals surface area contributed by atoms with Crippen molar-refractivity contribution in [3.63, 3.8) is 0 Å². The van der Waals surface area contributed by atoms with Gasteiger partial charge in [0.15, 0.2) is 0 Å². The van der Waals surface area contributed by atoms with Crippen molar-refractivity contribution in [3.05, 3.63) is 59.8 Å². The second-order valence-corrected chi connectivity index (χ2v) is 6.43. The van der Waals surface area contributed by atoms with Crippen LogP contribution in [0.5, 0.6) is 0 Å². The Morgan fingerprint density at radius 2 is 1.96 bits per heavy atom. The Kier molecular flexibility index (Phi) is 6.26. The average molecular weight is 377 g/mol. The predicted molar refractivity (Wildman–Crippen MR) is 107 cm³/mol. The van der Waals surface area contributed by atoms with Crippen LogP contribution in [0.25, 0.3) is 11.3 Å². The number of carbonyl (C=O) groups is 1. The summed E-state index contributed by atoms with van der Waals surface area (Å²) in [7, 11) is 0. The maximum absolute atomic E-state index is 11.5. The maximum Gasteiger partial charge on any atom is 0.306 e. The first-order valence-corrected chi connectivity index (χ1v) is 9.19. The molecule has 0 saturated heterocycles. The SMILES string of the molecule is CCOC(=O)CCc1cnc(-c2cc(C)cc(Nc3nccc(C)n3)c2)cn1. The minimum Gasteiger partial charge on any atom is -0.466 e. The highest BCUT2D eigenvalue weighted by molar-refractivity contribution is 5.70. The number of nitrogens with one attached hydrogen (secondary N) is 1. The molecule has 7 nitrogen and oxygen atoms in total. The Hall–Kier alpha value is -3.35. The quantitative estimate of drug-likeness (QED) is 0.627. The van der Waals surface area contributed by atoms with Gasteiger partial charge >= 0.3 is 5.97 Å². The number of ether oxygens (including phenoxy) is 1. The van der Waals surface area contributed by atoms with E-state index in [1.807, 2.05) is 38.1 Å².